The van der Waals surface area contributed by atoms with Crippen molar-refractivity contribution in [3.63, 3.8) is 0 Å². The molecular weight excluding hydrogens is 264 g/mol. The van der Waals surface area contributed by atoms with Gasteiger partial charge in [0.1, 0.15) is 6.33 Å². The fourth-order valence-corrected chi connectivity index (χ4v) is 2.77. The van der Waals surface area contributed by atoms with Crippen LogP contribution in [0.5, 0.6) is 0 Å². The molecule has 2 aromatic heterocycles. The predicted octanol–water partition coefficient (Wildman–Crippen LogP) is 1.33. The minimum absolute atomic E-state index is 0.811. The molecule has 1 aliphatic rings. The van der Waals surface area contributed by atoms with E-state index < -0.39 is 0 Å². The molecule has 0 atom stereocenters. The van der Waals surface area contributed by atoms with Gasteiger partial charge >= 0.3 is 0 Å². The van der Waals surface area contributed by atoms with Crippen molar-refractivity contribution in [3.05, 3.63) is 36.7 Å². The minimum atomic E-state index is 0.811. The number of anilines is 1. The molecule has 0 aliphatic carbocycles. The molecule has 1 aliphatic heterocycles. The van der Waals surface area contributed by atoms with Crippen molar-refractivity contribution in [1.82, 2.24) is 24.9 Å². The molecule has 0 bridgehead atoms. The Morgan fingerprint density at radius 1 is 1.24 bits per heavy atom. The number of rotatable bonds is 2. The summed E-state index contributed by atoms with van der Waals surface area (Å²) >= 11 is 0. The lowest BCUT2D eigenvalue weighted by Crippen LogP contribution is -2.44. The molecule has 1 saturated heterocycles. The molecule has 1 N–H and O–H groups in total. The van der Waals surface area contributed by atoms with Crippen molar-refractivity contribution >= 4 is 28.6 Å². The molecule has 4 rings (SSSR count). The van der Waals surface area contributed by atoms with Crippen LogP contribution in [-0.4, -0.2) is 45.8 Å². The van der Waals surface area contributed by atoms with Gasteiger partial charge in [-0.15, -0.1) is 10.2 Å². The Morgan fingerprint density at radius 2 is 2.10 bits per heavy atom. The first kappa shape index (κ1) is 12.3. The van der Waals surface area contributed by atoms with Gasteiger partial charge in [-0.2, -0.15) is 0 Å². The van der Waals surface area contributed by atoms with E-state index in [0.29, 0.717) is 0 Å². The molecule has 6 heteroatoms. The van der Waals surface area contributed by atoms with E-state index >= 15 is 0 Å². The minimum Gasteiger partial charge on any atom is -0.351 e. The maximum absolute atomic E-state index is 4.82. The Balaban J connectivity index is 1.97. The molecule has 3 heterocycles. The van der Waals surface area contributed by atoms with E-state index in [1.807, 2.05) is 22.6 Å². The van der Waals surface area contributed by atoms with Gasteiger partial charge in [0.15, 0.2) is 5.82 Å². The zero-order chi connectivity index (χ0) is 14.2. The zero-order valence-corrected chi connectivity index (χ0v) is 11.7. The molecular formula is C15H16N6. The van der Waals surface area contributed by atoms with Crippen LogP contribution in [0.25, 0.3) is 22.8 Å². The lowest BCUT2D eigenvalue weighted by atomic mass is 10.2. The monoisotopic (exact) mass is 280 g/mol. The van der Waals surface area contributed by atoms with Gasteiger partial charge in [-0.25, -0.2) is 4.98 Å². The first-order chi connectivity index (χ1) is 10.4. The second-order valence-electron chi connectivity index (χ2n) is 5.15. The summed E-state index contributed by atoms with van der Waals surface area (Å²) in [6.07, 6.45) is 3.58. The van der Waals surface area contributed by atoms with Gasteiger partial charge < -0.3 is 10.2 Å². The second-order valence-corrected chi connectivity index (χ2v) is 5.15. The molecule has 1 aromatic carbocycles. The number of fused-ring (bicyclic) bond motifs is 3. The van der Waals surface area contributed by atoms with Crippen LogP contribution in [0.2, 0.25) is 0 Å². The Labute approximate surface area is 122 Å². The van der Waals surface area contributed by atoms with Crippen LogP contribution in [0.3, 0.4) is 0 Å². The number of piperazine rings is 1. The molecule has 6 nitrogen and oxygen atoms in total. The van der Waals surface area contributed by atoms with Crippen LogP contribution in [0.4, 0.5) is 5.82 Å². The third-order valence-electron chi connectivity index (χ3n) is 3.89. The fourth-order valence-electron chi connectivity index (χ4n) is 2.77. The second kappa shape index (κ2) is 4.82. The van der Waals surface area contributed by atoms with E-state index in [1.165, 1.54) is 0 Å². The summed E-state index contributed by atoms with van der Waals surface area (Å²) in [6, 6.07) is 6.12. The maximum atomic E-state index is 4.82. The summed E-state index contributed by atoms with van der Waals surface area (Å²) in [5.41, 5.74) is 3.83. The number of nitrogens with one attached hydrogen (secondary N) is 1. The Kier molecular flexibility index (Phi) is 2.82. The van der Waals surface area contributed by atoms with Crippen molar-refractivity contribution in [2.75, 3.05) is 31.1 Å². The lowest BCUT2D eigenvalue weighted by molar-refractivity contribution is 0.586. The summed E-state index contributed by atoms with van der Waals surface area (Å²) in [6.45, 7) is 7.63. The van der Waals surface area contributed by atoms with E-state index in [4.69, 9.17) is 4.98 Å². The zero-order valence-electron chi connectivity index (χ0n) is 11.7. The van der Waals surface area contributed by atoms with Gasteiger partial charge in [0.05, 0.1) is 11.0 Å². The normalized spacial score (nSPS) is 15.7. The SMILES string of the molecule is C=Cc1ccc2nc(N3CCNCC3)c3nncn3c2c1. The van der Waals surface area contributed by atoms with Crippen molar-refractivity contribution in [2.24, 2.45) is 0 Å². The summed E-state index contributed by atoms with van der Waals surface area (Å²) < 4.78 is 2.01. The van der Waals surface area contributed by atoms with E-state index in [2.05, 4.69) is 33.1 Å². The predicted molar refractivity (Wildman–Crippen MR) is 83.5 cm³/mol. The van der Waals surface area contributed by atoms with Crippen LogP contribution in [0, 0.1) is 0 Å². The number of hydrogen-bond acceptors (Lipinski definition) is 5. The Hall–Kier alpha value is -2.47. The highest BCUT2D eigenvalue weighted by molar-refractivity contribution is 5.84. The number of aromatic nitrogens is 4. The molecule has 21 heavy (non-hydrogen) atoms. The molecule has 0 spiro atoms. The molecule has 0 saturated carbocycles. The average Bonchev–Trinajstić information content (AvgIpc) is 3.04. The largest absolute Gasteiger partial charge is 0.351 e. The summed E-state index contributed by atoms with van der Waals surface area (Å²) in [4.78, 5) is 7.08. The number of nitrogens with zero attached hydrogens (tertiary/aromatic N) is 5. The van der Waals surface area contributed by atoms with Gasteiger partial charge in [-0.3, -0.25) is 4.40 Å². The highest BCUT2D eigenvalue weighted by atomic mass is 15.3. The van der Waals surface area contributed by atoms with Gasteiger partial charge in [-0.05, 0) is 17.7 Å². The van der Waals surface area contributed by atoms with Crippen LogP contribution in [0.1, 0.15) is 5.56 Å². The van der Waals surface area contributed by atoms with Gasteiger partial charge in [0, 0.05) is 26.2 Å². The van der Waals surface area contributed by atoms with E-state index in [1.54, 1.807) is 6.33 Å². The molecule has 106 valence electrons. The third-order valence-corrected chi connectivity index (χ3v) is 3.89. The molecule has 0 unspecified atom stereocenters. The van der Waals surface area contributed by atoms with Gasteiger partial charge in [-0.1, -0.05) is 18.7 Å². The quantitative estimate of drug-likeness (QED) is 0.767. The topological polar surface area (TPSA) is 58.4 Å². The van der Waals surface area contributed by atoms with E-state index in [9.17, 15) is 0 Å². The van der Waals surface area contributed by atoms with Crippen molar-refractivity contribution in [3.8, 4) is 0 Å². The smallest absolute Gasteiger partial charge is 0.204 e. The average molecular weight is 280 g/mol. The molecule has 0 radical (unpaired) electrons. The fraction of sp³-hybridized carbons (Fsp3) is 0.267. The summed E-state index contributed by atoms with van der Waals surface area (Å²) in [5.74, 6) is 0.910. The Morgan fingerprint density at radius 3 is 2.90 bits per heavy atom. The third kappa shape index (κ3) is 1.95. The Bertz CT molecular complexity index is 816. The van der Waals surface area contributed by atoms with Crippen molar-refractivity contribution in [2.45, 2.75) is 0 Å². The summed E-state index contributed by atoms with van der Waals surface area (Å²) in [7, 11) is 0. The first-order valence-electron chi connectivity index (χ1n) is 7.08. The van der Waals surface area contributed by atoms with E-state index in [-0.39, 0.29) is 0 Å². The van der Waals surface area contributed by atoms with Gasteiger partial charge in [0.2, 0.25) is 5.65 Å². The molecule has 0 amide bonds. The standard InChI is InChI=1S/C15H16N6/c1-2-11-3-4-12-13(9-11)21-10-17-19-15(21)14(18-12)20-7-5-16-6-8-20/h2-4,9-10,16H,1,5-8H2. The van der Waals surface area contributed by atoms with Gasteiger partial charge in [0.25, 0.3) is 0 Å². The molecule has 3 aromatic rings. The highest BCUT2D eigenvalue weighted by Gasteiger charge is 2.18. The van der Waals surface area contributed by atoms with Crippen molar-refractivity contribution in [1.29, 1.82) is 0 Å². The van der Waals surface area contributed by atoms with Crippen LogP contribution >= 0.6 is 0 Å². The summed E-state index contributed by atoms with van der Waals surface area (Å²) in [5, 5.41) is 11.7. The highest BCUT2D eigenvalue weighted by Crippen LogP contribution is 2.24. The first-order valence-corrected chi connectivity index (χ1v) is 7.08. The van der Waals surface area contributed by atoms with Crippen LogP contribution < -0.4 is 10.2 Å². The van der Waals surface area contributed by atoms with Crippen molar-refractivity contribution < 1.29 is 0 Å². The van der Waals surface area contributed by atoms with Crippen LogP contribution in [0.15, 0.2) is 31.1 Å². The maximum Gasteiger partial charge on any atom is 0.204 e. The van der Waals surface area contributed by atoms with E-state index in [0.717, 1.165) is 54.2 Å². The van der Waals surface area contributed by atoms with Crippen LogP contribution in [-0.2, 0) is 0 Å². The number of hydrogen-bond donors (Lipinski definition) is 1. The lowest BCUT2D eigenvalue weighted by Gasteiger charge is -2.28. The molecule has 1 fully saturated rings. The number of benzene rings is 1.